The van der Waals surface area contributed by atoms with Crippen molar-refractivity contribution in [2.24, 2.45) is 0 Å². The molecule has 1 heterocycles. The Bertz CT molecular complexity index is 611. The number of hydrogen-bond acceptors (Lipinski definition) is 3. The average Bonchev–Trinajstić information content (AvgIpc) is 2.52. The lowest BCUT2D eigenvalue weighted by Gasteiger charge is -2.09. The Morgan fingerprint density at radius 3 is 2.77 bits per heavy atom. The number of rotatable bonds is 7. The third kappa shape index (κ3) is 5.30. The Hall–Kier alpha value is -2.20. The van der Waals surface area contributed by atoms with Crippen molar-refractivity contribution in [2.75, 3.05) is 6.54 Å². The molecule has 1 aromatic heterocycles. The van der Waals surface area contributed by atoms with Crippen molar-refractivity contribution in [2.45, 2.75) is 33.4 Å². The number of amides is 1. The van der Waals surface area contributed by atoms with Gasteiger partial charge in [0.15, 0.2) is 0 Å². The molecule has 2 aromatic rings. The maximum Gasteiger partial charge on any atom is 0.221 e. The molecular formula is C18H23N3O. The highest BCUT2D eigenvalue weighted by Gasteiger charge is 2.02. The van der Waals surface area contributed by atoms with Gasteiger partial charge in [0.1, 0.15) is 0 Å². The summed E-state index contributed by atoms with van der Waals surface area (Å²) in [6, 6.07) is 10.3. The third-order valence-corrected chi connectivity index (χ3v) is 3.55. The zero-order valence-corrected chi connectivity index (χ0v) is 13.2. The van der Waals surface area contributed by atoms with Crippen molar-refractivity contribution < 1.29 is 4.79 Å². The topological polar surface area (TPSA) is 54.0 Å². The van der Waals surface area contributed by atoms with Gasteiger partial charge in [0.2, 0.25) is 5.91 Å². The summed E-state index contributed by atoms with van der Waals surface area (Å²) in [5.41, 5.74) is 4.85. The molecule has 22 heavy (non-hydrogen) atoms. The molecule has 2 N–H and O–H groups in total. The van der Waals surface area contributed by atoms with Crippen LogP contribution in [0.2, 0.25) is 0 Å². The Kier molecular flexibility index (Phi) is 6.10. The predicted molar refractivity (Wildman–Crippen MR) is 88.3 cm³/mol. The van der Waals surface area contributed by atoms with E-state index in [0.717, 1.165) is 12.1 Å². The minimum Gasteiger partial charge on any atom is -0.352 e. The van der Waals surface area contributed by atoms with Gasteiger partial charge in [-0.25, -0.2) is 0 Å². The molecule has 1 amide bonds. The van der Waals surface area contributed by atoms with Gasteiger partial charge in [-0.3, -0.25) is 9.78 Å². The highest BCUT2D eigenvalue weighted by Crippen LogP contribution is 2.09. The van der Waals surface area contributed by atoms with Gasteiger partial charge in [0, 0.05) is 38.4 Å². The van der Waals surface area contributed by atoms with Crippen molar-refractivity contribution in [1.82, 2.24) is 15.6 Å². The number of carbonyl (C=O) groups is 1. The molecule has 0 spiro atoms. The molecule has 0 atom stereocenters. The Balaban J connectivity index is 1.65. The molecule has 4 nitrogen and oxygen atoms in total. The molecular weight excluding hydrogens is 274 g/mol. The van der Waals surface area contributed by atoms with E-state index >= 15 is 0 Å². The molecule has 0 saturated heterocycles. The highest BCUT2D eigenvalue weighted by molar-refractivity contribution is 5.76. The first-order chi connectivity index (χ1) is 10.6. The summed E-state index contributed by atoms with van der Waals surface area (Å²) in [4.78, 5) is 15.8. The van der Waals surface area contributed by atoms with Crippen molar-refractivity contribution in [3.63, 3.8) is 0 Å². The first-order valence-electron chi connectivity index (χ1n) is 7.57. The van der Waals surface area contributed by atoms with E-state index in [1.807, 2.05) is 12.1 Å². The van der Waals surface area contributed by atoms with Crippen LogP contribution in [0, 0.1) is 13.8 Å². The normalized spacial score (nSPS) is 10.5. The fraction of sp³-hybridized carbons (Fsp3) is 0.333. The van der Waals surface area contributed by atoms with Gasteiger partial charge < -0.3 is 10.6 Å². The summed E-state index contributed by atoms with van der Waals surface area (Å²) < 4.78 is 0. The number of hydrogen-bond donors (Lipinski definition) is 2. The lowest BCUT2D eigenvalue weighted by Crippen LogP contribution is -2.27. The zero-order valence-electron chi connectivity index (χ0n) is 13.2. The van der Waals surface area contributed by atoms with Crippen LogP contribution in [-0.4, -0.2) is 17.4 Å². The Morgan fingerprint density at radius 1 is 1.18 bits per heavy atom. The Morgan fingerprint density at radius 2 is 2.05 bits per heavy atom. The second-order valence-corrected chi connectivity index (χ2v) is 5.49. The Labute approximate surface area is 132 Å². The second kappa shape index (κ2) is 8.29. The van der Waals surface area contributed by atoms with E-state index in [9.17, 15) is 4.79 Å². The van der Waals surface area contributed by atoms with Crippen LogP contribution in [0.3, 0.4) is 0 Å². The summed E-state index contributed by atoms with van der Waals surface area (Å²) >= 11 is 0. The fourth-order valence-electron chi connectivity index (χ4n) is 2.26. The van der Waals surface area contributed by atoms with Crippen LogP contribution in [0.15, 0.2) is 42.7 Å². The van der Waals surface area contributed by atoms with Gasteiger partial charge in [0.05, 0.1) is 0 Å². The molecule has 0 bridgehead atoms. The fourth-order valence-corrected chi connectivity index (χ4v) is 2.26. The first kappa shape index (κ1) is 16.2. The van der Waals surface area contributed by atoms with Crippen LogP contribution < -0.4 is 10.6 Å². The van der Waals surface area contributed by atoms with Crippen molar-refractivity contribution in [1.29, 1.82) is 0 Å². The molecule has 4 heteroatoms. The number of nitrogens with one attached hydrogen (secondary N) is 2. The predicted octanol–water partition coefficient (Wildman–Crippen LogP) is 2.49. The van der Waals surface area contributed by atoms with Gasteiger partial charge in [-0.2, -0.15) is 0 Å². The van der Waals surface area contributed by atoms with Gasteiger partial charge in [-0.1, -0.05) is 29.8 Å². The minimum atomic E-state index is 0.0528. The largest absolute Gasteiger partial charge is 0.352 e. The molecule has 116 valence electrons. The monoisotopic (exact) mass is 297 g/mol. The number of benzene rings is 1. The summed E-state index contributed by atoms with van der Waals surface area (Å²) in [6.07, 6.45) is 3.96. The number of carbonyl (C=O) groups excluding carboxylic acids is 1. The quantitative estimate of drug-likeness (QED) is 0.772. The van der Waals surface area contributed by atoms with Crippen LogP contribution in [0.5, 0.6) is 0 Å². The van der Waals surface area contributed by atoms with E-state index < -0.39 is 0 Å². The van der Waals surface area contributed by atoms with E-state index in [0.29, 0.717) is 19.5 Å². The molecule has 0 radical (unpaired) electrons. The maximum atomic E-state index is 11.8. The molecule has 0 saturated carbocycles. The van der Waals surface area contributed by atoms with Crippen LogP contribution in [0.25, 0.3) is 0 Å². The number of pyridine rings is 1. The van der Waals surface area contributed by atoms with Crippen molar-refractivity contribution in [3.8, 4) is 0 Å². The molecule has 0 aliphatic rings. The van der Waals surface area contributed by atoms with Crippen LogP contribution >= 0.6 is 0 Å². The van der Waals surface area contributed by atoms with Gasteiger partial charge in [-0.05, 0) is 36.6 Å². The zero-order chi connectivity index (χ0) is 15.8. The van der Waals surface area contributed by atoms with Crippen LogP contribution in [0.4, 0.5) is 0 Å². The standard InChI is InChI=1S/C18H23N3O/c1-14-5-6-17(15(2)10-14)13-20-9-7-18(22)21-12-16-4-3-8-19-11-16/h3-6,8,10-11,20H,7,9,12-13H2,1-2H3,(H,21,22). The molecule has 0 unspecified atom stereocenters. The van der Waals surface area contributed by atoms with Crippen LogP contribution in [0.1, 0.15) is 28.7 Å². The molecule has 0 aliphatic carbocycles. The molecule has 0 fully saturated rings. The minimum absolute atomic E-state index is 0.0528. The summed E-state index contributed by atoms with van der Waals surface area (Å²) in [6.45, 7) is 6.21. The lowest BCUT2D eigenvalue weighted by molar-refractivity contribution is -0.121. The van der Waals surface area contributed by atoms with Gasteiger partial charge >= 0.3 is 0 Å². The summed E-state index contributed by atoms with van der Waals surface area (Å²) in [5.74, 6) is 0.0528. The van der Waals surface area contributed by atoms with Gasteiger partial charge in [0.25, 0.3) is 0 Å². The first-order valence-corrected chi connectivity index (χ1v) is 7.57. The van der Waals surface area contributed by atoms with E-state index in [1.54, 1.807) is 12.4 Å². The molecule has 2 rings (SSSR count). The number of nitrogens with zero attached hydrogens (tertiary/aromatic N) is 1. The second-order valence-electron chi connectivity index (χ2n) is 5.49. The SMILES string of the molecule is Cc1ccc(CNCCC(=O)NCc2cccnc2)c(C)c1. The highest BCUT2D eigenvalue weighted by atomic mass is 16.1. The average molecular weight is 297 g/mol. The maximum absolute atomic E-state index is 11.8. The molecule has 1 aromatic carbocycles. The van der Waals surface area contributed by atoms with Crippen molar-refractivity contribution >= 4 is 5.91 Å². The van der Waals surface area contributed by atoms with E-state index in [2.05, 4.69) is 47.7 Å². The van der Waals surface area contributed by atoms with E-state index in [1.165, 1.54) is 16.7 Å². The smallest absolute Gasteiger partial charge is 0.221 e. The number of aryl methyl sites for hydroxylation is 2. The lowest BCUT2D eigenvalue weighted by atomic mass is 10.1. The number of aromatic nitrogens is 1. The van der Waals surface area contributed by atoms with Gasteiger partial charge in [-0.15, -0.1) is 0 Å². The van der Waals surface area contributed by atoms with E-state index in [-0.39, 0.29) is 5.91 Å². The summed E-state index contributed by atoms with van der Waals surface area (Å²) in [5, 5.41) is 6.22. The van der Waals surface area contributed by atoms with Crippen LogP contribution in [-0.2, 0) is 17.9 Å². The molecule has 0 aliphatic heterocycles. The summed E-state index contributed by atoms with van der Waals surface area (Å²) in [7, 11) is 0. The van der Waals surface area contributed by atoms with E-state index in [4.69, 9.17) is 0 Å². The van der Waals surface area contributed by atoms with Crippen molar-refractivity contribution in [3.05, 3.63) is 65.0 Å². The third-order valence-electron chi connectivity index (χ3n) is 3.55.